The molecule has 5 heteroatoms. The fourth-order valence-corrected chi connectivity index (χ4v) is 4.24. The molecular formula is C15H23NO3S. The van der Waals surface area contributed by atoms with Gasteiger partial charge < -0.3 is 5.11 Å². The molecule has 1 saturated carbocycles. The van der Waals surface area contributed by atoms with Crippen molar-refractivity contribution < 1.29 is 13.5 Å². The van der Waals surface area contributed by atoms with Crippen LogP contribution in [-0.2, 0) is 10.0 Å². The smallest absolute Gasteiger partial charge is 0.240 e. The zero-order chi connectivity index (χ0) is 15.0. The van der Waals surface area contributed by atoms with Gasteiger partial charge in [-0.15, -0.1) is 0 Å². The van der Waals surface area contributed by atoms with Crippen LogP contribution in [0.1, 0.15) is 51.7 Å². The number of sulfonamides is 1. The maximum absolute atomic E-state index is 12.5. The molecule has 0 aliphatic heterocycles. The van der Waals surface area contributed by atoms with Crippen molar-refractivity contribution in [2.24, 2.45) is 5.41 Å². The number of hydrogen-bond acceptors (Lipinski definition) is 3. The van der Waals surface area contributed by atoms with Gasteiger partial charge in [-0.05, 0) is 42.9 Å². The van der Waals surface area contributed by atoms with E-state index in [0.717, 1.165) is 19.3 Å². The first kappa shape index (κ1) is 15.5. The van der Waals surface area contributed by atoms with Gasteiger partial charge in [0.1, 0.15) is 0 Å². The Morgan fingerprint density at radius 1 is 1.40 bits per heavy atom. The second kappa shape index (κ2) is 5.47. The topological polar surface area (TPSA) is 66.4 Å². The number of rotatable bonds is 4. The Morgan fingerprint density at radius 3 is 2.65 bits per heavy atom. The van der Waals surface area contributed by atoms with Crippen molar-refractivity contribution in [3.8, 4) is 0 Å². The summed E-state index contributed by atoms with van der Waals surface area (Å²) < 4.78 is 27.7. The highest BCUT2D eigenvalue weighted by atomic mass is 32.2. The van der Waals surface area contributed by atoms with Crippen molar-refractivity contribution in [2.75, 3.05) is 0 Å². The van der Waals surface area contributed by atoms with E-state index in [0.29, 0.717) is 5.56 Å². The van der Waals surface area contributed by atoms with E-state index < -0.39 is 16.1 Å². The van der Waals surface area contributed by atoms with Gasteiger partial charge in [0, 0.05) is 6.04 Å². The third-order valence-electron chi connectivity index (χ3n) is 4.21. The average Bonchev–Trinajstić information content (AvgIpc) is 2.68. The highest BCUT2D eigenvalue weighted by molar-refractivity contribution is 7.89. The molecule has 0 radical (unpaired) electrons. The van der Waals surface area contributed by atoms with Crippen LogP contribution in [0.4, 0.5) is 0 Å². The third-order valence-corrected chi connectivity index (χ3v) is 5.67. The summed E-state index contributed by atoms with van der Waals surface area (Å²) in [5, 5.41) is 9.57. The van der Waals surface area contributed by atoms with Crippen LogP contribution in [0.25, 0.3) is 0 Å². The highest BCUT2D eigenvalue weighted by Gasteiger charge is 2.37. The van der Waals surface area contributed by atoms with Crippen LogP contribution in [-0.4, -0.2) is 19.6 Å². The Kier molecular flexibility index (Phi) is 4.23. The minimum atomic E-state index is -3.53. The highest BCUT2D eigenvalue weighted by Crippen LogP contribution is 2.38. The molecule has 0 saturated heterocycles. The van der Waals surface area contributed by atoms with Crippen molar-refractivity contribution in [3.05, 3.63) is 29.8 Å². The summed E-state index contributed by atoms with van der Waals surface area (Å²) in [5.41, 5.74) is 0.605. The predicted molar refractivity (Wildman–Crippen MR) is 78.8 cm³/mol. The largest absolute Gasteiger partial charge is 0.389 e. The van der Waals surface area contributed by atoms with Crippen molar-refractivity contribution in [1.82, 2.24) is 4.72 Å². The second-order valence-electron chi connectivity index (χ2n) is 6.30. The van der Waals surface area contributed by atoms with Crippen molar-refractivity contribution in [1.29, 1.82) is 0 Å². The molecule has 0 amide bonds. The molecule has 2 atom stereocenters. The van der Waals surface area contributed by atoms with Crippen LogP contribution in [0.2, 0.25) is 0 Å². The minimum Gasteiger partial charge on any atom is -0.389 e. The fraction of sp³-hybridized carbons (Fsp3) is 0.600. The summed E-state index contributed by atoms with van der Waals surface area (Å²) >= 11 is 0. The Hall–Kier alpha value is -0.910. The van der Waals surface area contributed by atoms with E-state index in [4.69, 9.17) is 0 Å². The molecule has 0 heterocycles. The van der Waals surface area contributed by atoms with Gasteiger partial charge in [-0.2, -0.15) is 0 Å². The number of aliphatic hydroxyl groups excluding tert-OH is 1. The number of hydrogen-bond donors (Lipinski definition) is 2. The summed E-state index contributed by atoms with van der Waals surface area (Å²) in [6, 6.07) is 6.47. The lowest BCUT2D eigenvalue weighted by atomic mass is 9.88. The van der Waals surface area contributed by atoms with Gasteiger partial charge in [0.2, 0.25) is 10.0 Å². The average molecular weight is 297 g/mol. The molecule has 20 heavy (non-hydrogen) atoms. The van der Waals surface area contributed by atoms with Crippen LogP contribution < -0.4 is 4.72 Å². The van der Waals surface area contributed by atoms with Gasteiger partial charge in [-0.1, -0.05) is 32.4 Å². The van der Waals surface area contributed by atoms with Crippen molar-refractivity contribution in [2.45, 2.75) is 57.1 Å². The van der Waals surface area contributed by atoms with Crippen molar-refractivity contribution in [3.63, 3.8) is 0 Å². The Balaban J connectivity index is 2.25. The Bertz CT molecular complexity index is 579. The van der Waals surface area contributed by atoms with Gasteiger partial charge in [-0.25, -0.2) is 13.1 Å². The van der Waals surface area contributed by atoms with Crippen LogP contribution in [0.3, 0.4) is 0 Å². The minimum absolute atomic E-state index is 0.00501. The molecule has 1 aliphatic rings. The fourth-order valence-electron chi connectivity index (χ4n) is 2.74. The second-order valence-corrected chi connectivity index (χ2v) is 8.02. The molecule has 0 spiro atoms. The van der Waals surface area contributed by atoms with Crippen molar-refractivity contribution >= 4 is 10.0 Å². The molecule has 0 bridgehead atoms. The summed E-state index contributed by atoms with van der Waals surface area (Å²) in [4.78, 5) is 0.221. The van der Waals surface area contributed by atoms with Gasteiger partial charge in [-0.3, -0.25) is 0 Å². The number of aliphatic hydroxyl groups is 1. The zero-order valence-electron chi connectivity index (χ0n) is 12.3. The third kappa shape index (κ3) is 3.22. The molecule has 1 aliphatic carbocycles. The van der Waals surface area contributed by atoms with E-state index in [-0.39, 0.29) is 16.4 Å². The number of nitrogens with one attached hydrogen (secondary N) is 1. The normalized spacial score (nSPS) is 23.7. The van der Waals surface area contributed by atoms with Crippen LogP contribution in [0, 0.1) is 5.41 Å². The number of benzene rings is 1. The van der Waals surface area contributed by atoms with E-state index in [1.54, 1.807) is 25.1 Å². The van der Waals surface area contributed by atoms with Crippen LogP contribution in [0.5, 0.6) is 0 Å². The summed E-state index contributed by atoms with van der Waals surface area (Å²) in [6.07, 6.45) is 2.29. The first-order valence-electron chi connectivity index (χ1n) is 7.03. The molecule has 2 rings (SSSR count). The van der Waals surface area contributed by atoms with E-state index >= 15 is 0 Å². The van der Waals surface area contributed by atoms with E-state index in [1.807, 2.05) is 0 Å². The van der Waals surface area contributed by atoms with Crippen LogP contribution in [0.15, 0.2) is 29.2 Å². The standard InChI is InChI=1S/C15H23NO3S/c1-11(17)12-6-4-7-13(10-12)20(18,19)16-14-8-5-9-15(14,2)3/h4,6-7,10-11,14,16-17H,5,8-9H2,1-3H3. The molecule has 2 unspecified atom stereocenters. The molecule has 4 nitrogen and oxygen atoms in total. The molecule has 2 N–H and O–H groups in total. The first-order chi connectivity index (χ1) is 9.22. The monoisotopic (exact) mass is 297 g/mol. The quantitative estimate of drug-likeness (QED) is 0.897. The maximum atomic E-state index is 12.5. The molecular weight excluding hydrogens is 274 g/mol. The Labute approximate surface area is 121 Å². The molecule has 1 fully saturated rings. The first-order valence-corrected chi connectivity index (χ1v) is 8.51. The molecule has 1 aromatic rings. The molecule has 0 aromatic heterocycles. The molecule has 112 valence electrons. The maximum Gasteiger partial charge on any atom is 0.240 e. The van der Waals surface area contributed by atoms with Gasteiger partial charge in [0.25, 0.3) is 0 Å². The lowest BCUT2D eigenvalue weighted by molar-refractivity contribution is 0.199. The predicted octanol–water partition coefficient (Wildman–Crippen LogP) is 2.60. The van der Waals surface area contributed by atoms with Crippen LogP contribution >= 0.6 is 0 Å². The van der Waals surface area contributed by atoms with E-state index in [1.165, 1.54) is 6.07 Å². The summed E-state index contributed by atoms with van der Waals surface area (Å²) in [5.74, 6) is 0. The summed E-state index contributed by atoms with van der Waals surface area (Å²) in [7, 11) is -3.53. The lowest BCUT2D eigenvalue weighted by Gasteiger charge is -2.27. The van der Waals surface area contributed by atoms with Gasteiger partial charge in [0.15, 0.2) is 0 Å². The summed E-state index contributed by atoms with van der Waals surface area (Å²) in [6.45, 7) is 5.82. The zero-order valence-corrected chi connectivity index (χ0v) is 13.1. The molecule has 1 aromatic carbocycles. The van der Waals surface area contributed by atoms with E-state index in [2.05, 4.69) is 18.6 Å². The lowest BCUT2D eigenvalue weighted by Crippen LogP contribution is -2.41. The SMILES string of the molecule is CC(O)c1cccc(S(=O)(=O)NC2CCCC2(C)C)c1. The van der Waals surface area contributed by atoms with E-state index in [9.17, 15) is 13.5 Å². The van der Waals surface area contributed by atoms with Gasteiger partial charge in [0.05, 0.1) is 11.0 Å². The van der Waals surface area contributed by atoms with Gasteiger partial charge >= 0.3 is 0 Å². The Morgan fingerprint density at radius 2 is 2.10 bits per heavy atom.